The van der Waals surface area contributed by atoms with Crippen molar-refractivity contribution in [2.45, 2.75) is 0 Å². The van der Waals surface area contributed by atoms with Crippen molar-refractivity contribution in [3.8, 4) is 6.07 Å². The van der Waals surface area contributed by atoms with E-state index >= 15 is 0 Å². The first-order valence-corrected chi connectivity index (χ1v) is 5.66. The predicted molar refractivity (Wildman–Crippen MR) is 63.6 cm³/mol. The van der Waals surface area contributed by atoms with Crippen molar-refractivity contribution in [2.24, 2.45) is 0 Å². The summed E-state index contributed by atoms with van der Waals surface area (Å²) in [5.74, 6) is 0. The highest BCUT2D eigenvalue weighted by molar-refractivity contribution is 7.93. The molecule has 0 radical (unpaired) electrons. The van der Waals surface area contributed by atoms with E-state index in [1.807, 2.05) is 6.07 Å². The summed E-state index contributed by atoms with van der Waals surface area (Å²) in [5, 5.41) is 9.06. The summed E-state index contributed by atoms with van der Waals surface area (Å²) in [6.07, 6.45) is 0. The van der Waals surface area contributed by atoms with E-state index in [9.17, 15) is 3.89 Å². The molecular formula is C8HCl3FN3S. The number of hydrogen-bond donors (Lipinski definition) is 0. The summed E-state index contributed by atoms with van der Waals surface area (Å²) in [5.41, 5.74) is 0.607. The molecule has 16 heavy (non-hydrogen) atoms. The normalized spacial score (nSPS) is 10.7. The van der Waals surface area contributed by atoms with Crippen LogP contribution >= 0.6 is 47.1 Å². The van der Waals surface area contributed by atoms with E-state index in [1.54, 1.807) is 0 Å². The zero-order valence-electron chi connectivity index (χ0n) is 7.34. The largest absolute Gasteiger partial charge is 0.243 e. The van der Waals surface area contributed by atoms with Crippen LogP contribution in [0.2, 0.25) is 15.3 Å². The minimum absolute atomic E-state index is 0.0448. The third kappa shape index (κ3) is 1.62. The molecule has 0 unspecified atom stereocenters. The van der Waals surface area contributed by atoms with Crippen molar-refractivity contribution >= 4 is 58.2 Å². The molecule has 3 nitrogen and oxygen atoms in total. The summed E-state index contributed by atoms with van der Waals surface area (Å²) in [7, 11) is 0. The fraction of sp³-hybridized carbons (Fsp3) is 0. The van der Waals surface area contributed by atoms with Crippen molar-refractivity contribution < 1.29 is 3.89 Å². The molecule has 0 bridgehead atoms. The van der Waals surface area contributed by atoms with Crippen LogP contribution in [0.3, 0.4) is 0 Å². The Kier molecular flexibility index (Phi) is 3.17. The van der Waals surface area contributed by atoms with Crippen molar-refractivity contribution in [1.82, 2.24) is 8.96 Å². The minimum Gasteiger partial charge on any atom is -0.243 e. The second-order valence-electron chi connectivity index (χ2n) is 2.77. The Bertz CT molecular complexity index is 619. The molecule has 0 atom stereocenters. The molecule has 2 rings (SSSR count). The molecule has 8 heteroatoms. The van der Waals surface area contributed by atoms with E-state index in [-0.39, 0.29) is 38.7 Å². The molecule has 0 amide bonds. The Morgan fingerprint density at radius 1 is 1.44 bits per heavy atom. The van der Waals surface area contributed by atoms with Crippen molar-refractivity contribution in [3.05, 3.63) is 27.0 Å². The van der Waals surface area contributed by atoms with E-state index in [1.165, 1.54) is 6.07 Å². The van der Waals surface area contributed by atoms with Crippen LogP contribution in [0.4, 0.5) is 3.89 Å². The van der Waals surface area contributed by atoms with Gasteiger partial charge in [-0.1, -0.05) is 34.8 Å². The molecule has 2 aromatic heterocycles. The van der Waals surface area contributed by atoms with Gasteiger partial charge in [0.05, 0.1) is 10.5 Å². The van der Waals surface area contributed by atoms with Gasteiger partial charge in [-0.15, -0.1) is 3.89 Å². The molecule has 2 aromatic rings. The third-order valence-electron chi connectivity index (χ3n) is 1.93. The lowest BCUT2D eigenvalue weighted by molar-refractivity contribution is 0.921. The highest BCUT2D eigenvalue weighted by atomic mass is 35.5. The first-order valence-electron chi connectivity index (χ1n) is 3.85. The quantitative estimate of drug-likeness (QED) is 0.739. The number of halogens is 4. The predicted octanol–water partition coefficient (Wildman–Crippen LogP) is 4.25. The van der Waals surface area contributed by atoms with Crippen LogP contribution < -0.4 is 0 Å². The van der Waals surface area contributed by atoms with Gasteiger partial charge in [0.15, 0.2) is 12.3 Å². The van der Waals surface area contributed by atoms with E-state index < -0.39 is 0 Å². The lowest BCUT2D eigenvalue weighted by Crippen LogP contribution is -1.84. The van der Waals surface area contributed by atoms with Crippen LogP contribution in [-0.4, -0.2) is 8.96 Å². The van der Waals surface area contributed by atoms with E-state index in [2.05, 4.69) is 4.98 Å². The highest BCUT2D eigenvalue weighted by Crippen LogP contribution is 2.35. The Labute approximate surface area is 109 Å². The summed E-state index contributed by atoms with van der Waals surface area (Å²) in [4.78, 5) is 3.90. The second-order valence-corrected chi connectivity index (χ2v) is 4.40. The number of rotatable bonds is 1. The Morgan fingerprint density at radius 2 is 2.12 bits per heavy atom. The van der Waals surface area contributed by atoms with Gasteiger partial charge in [0.2, 0.25) is 0 Å². The zero-order chi connectivity index (χ0) is 11.9. The molecule has 0 saturated heterocycles. The lowest BCUT2D eigenvalue weighted by atomic mass is 10.3. The first kappa shape index (κ1) is 11.8. The van der Waals surface area contributed by atoms with E-state index in [0.29, 0.717) is 5.52 Å². The van der Waals surface area contributed by atoms with Gasteiger partial charge in [-0.25, -0.2) is 8.96 Å². The molecule has 0 fully saturated rings. The Balaban J connectivity index is 2.96. The molecule has 0 saturated carbocycles. The number of aromatic nitrogens is 2. The van der Waals surface area contributed by atoms with Gasteiger partial charge in [0, 0.05) is 0 Å². The fourth-order valence-electron chi connectivity index (χ4n) is 1.27. The van der Waals surface area contributed by atoms with Gasteiger partial charge in [-0.05, 0) is 6.07 Å². The Morgan fingerprint density at radius 3 is 2.69 bits per heavy atom. The maximum Gasteiger partial charge on any atom is 0.171 e. The van der Waals surface area contributed by atoms with Crippen LogP contribution in [0.1, 0.15) is 5.56 Å². The topological polar surface area (TPSA) is 41.6 Å². The molecule has 2 heterocycles. The van der Waals surface area contributed by atoms with Crippen LogP contribution in [0.25, 0.3) is 11.0 Å². The number of pyridine rings is 1. The van der Waals surface area contributed by atoms with E-state index in [0.717, 1.165) is 3.97 Å². The van der Waals surface area contributed by atoms with Crippen molar-refractivity contribution in [2.75, 3.05) is 0 Å². The number of hydrogen-bond acceptors (Lipinski definition) is 3. The van der Waals surface area contributed by atoms with Crippen molar-refractivity contribution in [1.29, 1.82) is 5.26 Å². The molecule has 0 aliphatic rings. The summed E-state index contributed by atoms with van der Waals surface area (Å²) in [6.45, 7) is 0. The molecular weight excluding hydrogens is 296 g/mol. The minimum atomic E-state index is -0.132. The van der Waals surface area contributed by atoms with Crippen molar-refractivity contribution in [3.63, 3.8) is 0 Å². The average Bonchev–Trinajstić information content (AvgIpc) is 2.50. The van der Waals surface area contributed by atoms with Gasteiger partial charge in [0.1, 0.15) is 27.5 Å². The van der Waals surface area contributed by atoms with Crippen LogP contribution in [-0.2, 0) is 0 Å². The molecule has 0 aliphatic heterocycles. The summed E-state index contributed by atoms with van der Waals surface area (Å²) in [6, 6.07) is 3.25. The smallest absolute Gasteiger partial charge is 0.171 e. The average molecular weight is 297 g/mol. The van der Waals surface area contributed by atoms with E-state index in [4.69, 9.17) is 40.1 Å². The Hall–Kier alpha value is -0.670. The summed E-state index contributed by atoms with van der Waals surface area (Å²) < 4.78 is 13.7. The third-order valence-corrected chi connectivity index (χ3v) is 3.58. The first-order chi connectivity index (χ1) is 7.60. The lowest BCUT2D eigenvalue weighted by Gasteiger charge is -1.98. The maximum absolute atomic E-state index is 12.7. The molecule has 82 valence electrons. The van der Waals surface area contributed by atoms with Gasteiger partial charge >= 0.3 is 0 Å². The molecule has 0 N–H and O–H groups in total. The second kappa shape index (κ2) is 4.30. The standard InChI is InChI=1S/C8HCl3FN3S/c9-4-1-5-6(14-7(4)10)3(2-13)8(11)15(5)16-12/h1H. The monoisotopic (exact) mass is 295 g/mol. The fourth-order valence-corrected chi connectivity index (χ4v) is 2.22. The zero-order valence-corrected chi connectivity index (χ0v) is 10.4. The van der Waals surface area contributed by atoms with Crippen LogP contribution in [0.5, 0.6) is 0 Å². The molecule has 0 aromatic carbocycles. The van der Waals surface area contributed by atoms with Gasteiger partial charge in [0.25, 0.3) is 0 Å². The van der Waals surface area contributed by atoms with Gasteiger partial charge in [-0.2, -0.15) is 5.26 Å². The SMILES string of the molecule is N#Cc1c(Cl)n(SF)c2cc(Cl)c(Cl)nc12. The number of nitrogens with zero attached hydrogens (tertiary/aromatic N) is 3. The molecule has 0 spiro atoms. The maximum atomic E-state index is 12.7. The molecule has 0 aliphatic carbocycles. The highest BCUT2D eigenvalue weighted by Gasteiger charge is 2.19. The summed E-state index contributed by atoms with van der Waals surface area (Å²) >= 11 is 17.2. The number of nitriles is 1. The van der Waals surface area contributed by atoms with Crippen LogP contribution in [0.15, 0.2) is 6.07 Å². The number of fused-ring (bicyclic) bond motifs is 1. The van der Waals surface area contributed by atoms with Gasteiger partial charge < -0.3 is 0 Å². The van der Waals surface area contributed by atoms with Crippen LogP contribution in [0, 0.1) is 11.3 Å². The van der Waals surface area contributed by atoms with Gasteiger partial charge in [-0.3, -0.25) is 0 Å².